The summed E-state index contributed by atoms with van der Waals surface area (Å²) in [5, 5.41) is 4.47. The Morgan fingerprint density at radius 2 is 1.86 bits per heavy atom. The lowest BCUT2D eigenvalue weighted by molar-refractivity contribution is -0.121. The van der Waals surface area contributed by atoms with Gasteiger partial charge in [0.25, 0.3) is 11.5 Å². The first kappa shape index (κ1) is 18.1. The zero-order chi connectivity index (χ0) is 19.5. The zero-order valence-electron chi connectivity index (χ0n) is 15.7. The molecule has 28 heavy (non-hydrogen) atoms. The van der Waals surface area contributed by atoms with E-state index in [1.54, 1.807) is 30.2 Å². The molecule has 6 heteroatoms. The smallest absolute Gasteiger partial charge is 0.267 e. The van der Waals surface area contributed by atoms with Crippen LogP contribution in [0.3, 0.4) is 0 Å². The van der Waals surface area contributed by atoms with E-state index in [0.717, 1.165) is 24.1 Å². The van der Waals surface area contributed by atoms with Crippen LogP contribution in [0.4, 0.5) is 5.82 Å². The predicted molar refractivity (Wildman–Crippen MR) is 107 cm³/mol. The number of benzene rings is 1. The number of pyridine rings is 1. The molecule has 1 amide bonds. The van der Waals surface area contributed by atoms with E-state index in [1.165, 1.54) is 10.7 Å². The number of anilines is 1. The van der Waals surface area contributed by atoms with Crippen molar-refractivity contribution in [3.63, 3.8) is 0 Å². The van der Waals surface area contributed by atoms with E-state index in [-0.39, 0.29) is 11.5 Å². The molecule has 2 aromatic heterocycles. The number of rotatable bonds is 6. The van der Waals surface area contributed by atoms with Crippen molar-refractivity contribution in [2.45, 2.75) is 38.3 Å². The Bertz CT molecular complexity index is 1010. The van der Waals surface area contributed by atoms with E-state index < -0.39 is 6.04 Å². The Kier molecular flexibility index (Phi) is 5.02. The summed E-state index contributed by atoms with van der Waals surface area (Å²) in [6.45, 7) is 2.09. The first-order valence-corrected chi connectivity index (χ1v) is 9.49. The average molecular weight is 374 g/mol. The van der Waals surface area contributed by atoms with Gasteiger partial charge in [-0.1, -0.05) is 36.4 Å². The van der Waals surface area contributed by atoms with Gasteiger partial charge >= 0.3 is 0 Å². The fraction of sp³-hybridized carbons (Fsp3) is 0.273. The number of hydrogen-bond donors (Lipinski definition) is 0. The molecule has 3 aromatic rings. The van der Waals surface area contributed by atoms with Crippen LogP contribution < -0.4 is 10.5 Å². The van der Waals surface area contributed by atoms with Crippen molar-refractivity contribution in [1.29, 1.82) is 0 Å². The molecular weight excluding hydrogens is 352 g/mol. The van der Waals surface area contributed by atoms with Crippen LogP contribution in [0.2, 0.25) is 0 Å². The molecular formula is C22H22N4O2. The number of amides is 1. The largest absolute Gasteiger partial charge is 0.290 e. The van der Waals surface area contributed by atoms with Gasteiger partial charge in [0, 0.05) is 18.2 Å². The van der Waals surface area contributed by atoms with Gasteiger partial charge in [0.2, 0.25) is 0 Å². The summed E-state index contributed by atoms with van der Waals surface area (Å²) in [5.41, 5.74) is 1.60. The highest BCUT2D eigenvalue weighted by atomic mass is 16.2. The summed E-state index contributed by atoms with van der Waals surface area (Å²) >= 11 is 0. The Hall–Kier alpha value is -3.28. The van der Waals surface area contributed by atoms with E-state index in [4.69, 9.17) is 0 Å². The maximum atomic E-state index is 13.4. The van der Waals surface area contributed by atoms with Crippen molar-refractivity contribution in [1.82, 2.24) is 14.8 Å². The fourth-order valence-electron chi connectivity index (χ4n) is 3.20. The molecule has 0 spiro atoms. The molecule has 6 nitrogen and oxygen atoms in total. The Morgan fingerprint density at radius 1 is 1.11 bits per heavy atom. The van der Waals surface area contributed by atoms with Gasteiger partial charge in [-0.25, -0.2) is 9.67 Å². The van der Waals surface area contributed by atoms with Crippen LogP contribution in [-0.4, -0.2) is 20.7 Å². The minimum absolute atomic E-state index is 0.218. The number of hydrogen-bond acceptors (Lipinski definition) is 4. The summed E-state index contributed by atoms with van der Waals surface area (Å²) in [6.07, 6.45) is 3.83. The van der Waals surface area contributed by atoms with Gasteiger partial charge in [0.05, 0.1) is 12.2 Å². The first-order chi connectivity index (χ1) is 13.6. The third-order valence-corrected chi connectivity index (χ3v) is 4.94. The van der Waals surface area contributed by atoms with Crippen molar-refractivity contribution in [3.8, 4) is 0 Å². The molecule has 1 aliphatic carbocycles. The van der Waals surface area contributed by atoms with Crippen LogP contribution in [-0.2, 0) is 11.3 Å². The zero-order valence-corrected chi connectivity index (χ0v) is 15.7. The number of carbonyl (C=O) groups excluding carboxylic acids is 1. The van der Waals surface area contributed by atoms with Gasteiger partial charge in [-0.15, -0.1) is 0 Å². The summed E-state index contributed by atoms with van der Waals surface area (Å²) in [5.74, 6) is 0.741. The lowest BCUT2D eigenvalue weighted by atomic mass is 10.2. The molecule has 1 atom stereocenters. The van der Waals surface area contributed by atoms with E-state index >= 15 is 0 Å². The summed E-state index contributed by atoms with van der Waals surface area (Å²) in [6, 6.07) is 17.7. The second-order valence-electron chi connectivity index (χ2n) is 7.09. The third kappa shape index (κ3) is 3.86. The van der Waals surface area contributed by atoms with Gasteiger partial charge in [-0.05, 0) is 43.5 Å². The minimum Gasteiger partial charge on any atom is -0.290 e. The highest BCUT2D eigenvalue weighted by Gasteiger charge is 2.29. The minimum atomic E-state index is -0.725. The second kappa shape index (κ2) is 7.76. The van der Waals surface area contributed by atoms with Crippen LogP contribution >= 0.6 is 0 Å². The van der Waals surface area contributed by atoms with Gasteiger partial charge in [0.15, 0.2) is 0 Å². The monoisotopic (exact) mass is 374 g/mol. The van der Waals surface area contributed by atoms with Crippen molar-refractivity contribution in [3.05, 3.63) is 88.5 Å². The Morgan fingerprint density at radius 3 is 2.54 bits per heavy atom. The third-order valence-electron chi connectivity index (χ3n) is 4.94. The summed E-state index contributed by atoms with van der Waals surface area (Å²) < 4.78 is 1.30. The Balaban J connectivity index is 1.67. The molecule has 1 fully saturated rings. The van der Waals surface area contributed by atoms with Crippen molar-refractivity contribution >= 4 is 11.7 Å². The standard InChI is InChI=1S/C22H22N4O2/c1-16(26-21(27)13-12-19(24-26)18-10-11-18)22(28)25(20-9-5-6-14-23-20)15-17-7-3-2-4-8-17/h2-9,12-14,16,18H,10-11,15H2,1H3. The van der Waals surface area contributed by atoms with E-state index in [9.17, 15) is 9.59 Å². The maximum absolute atomic E-state index is 13.4. The van der Waals surface area contributed by atoms with Gasteiger partial charge in [-0.3, -0.25) is 14.5 Å². The molecule has 1 saturated carbocycles. The molecule has 1 unspecified atom stereocenters. The molecule has 142 valence electrons. The predicted octanol–water partition coefficient (Wildman–Crippen LogP) is 3.31. The van der Waals surface area contributed by atoms with Crippen molar-refractivity contribution in [2.24, 2.45) is 0 Å². The molecule has 0 saturated heterocycles. The van der Waals surface area contributed by atoms with Crippen LogP contribution in [0.5, 0.6) is 0 Å². The first-order valence-electron chi connectivity index (χ1n) is 9.49. The van der Waals surface area contributed by atoms with Gasteiger partial charge < -0.3 is 0 Å². The number of aromatic nitrogens is 3. The quantitative estimate of drug-likeness (QED) is 0.664. The van der Waals surface area contributed by atoms with Gasteiger partial charge in [-0.2, -0.15) is 5.10 Å². The van der Waals surface area contributed by atoms with Crippen molar-refractivity contribution < 1.29 is 4.79 Å². The SMILES string of the molecule is CC(C(=O)N(Cc1ccccc1)c1ccccn1)n1nc(C2CC2)ccc1=O. The molecule has 0 aliphatic heterocycles. The molecule has 0 bridgehead atoms. The summed E-state index contributed by atoms with van der Waals surface area (Å²) in [7, 11) is 0. The highest BCUT2D eigenvalue weighted by molar-refractivity contribution is 5.94. The molecule has 1 aliphatic rings. The van der Waals surface area contributed by atoms with E-state index in [1.807, 2.05) is 42.5 Å². The average Bonchev–Trinajstić information content (AvgIpc) is 3.58. The maximum Gasteiger partial charge on any atom is 0.267 e. The van der Waals surface area contributed by atoms with E-state index in [2.05, 4.69) is 10.1 Å². The number of nitrogens with zero attached hydrogens (tertiary/aromatic N) is 4. The summed E-state index contributed by atoms with van der Waals surface area (Å²) in [4.78, 5) is 31.7. The molecule has 1 aromatic carbocycles. The van der Waals surface area contributed by atoms with Crippen molar-refractivity contribution in [2.75, 3.05) is 4.90 Å². The fourth-order valence-corrected chi connectivity index (χ4v) is 3.20. The second-order valence-corrected chi connectivity index (χ2v) is 7.09. The van der Waals surface area contributed by atoms with E-state index in [0.29, 0.717) is 18.3 Å². The molecule has 0 N–H and O–H groups in total. The van der Waals surface area contributed by atoms with Crippen LogP contribution in [0.1, 0.15) is 43.0 Å². The van der Waals surface area contributed by atoms with Crippen LogP contribution in [0.15, 0.2) is 71.7 Å². The number of carbonyl (C=O) groups is 1. The Labute approximate surface area is 163 Å². The van der Waals surface area contributed by atoms with Gasteiger partial charge in [0.1, 0.15) is 11.9 Å². The molecule has 0 radical (unpaired) electrons. The molecule has 2 heterocycles. The van der Waals surface area contributed by atoms with Crippen LogP contribution in [0.25, 0.3) is 0 Å². The molecule has 4 rings (SSSR count). The van der Waals surface area contributed by atoms with Crippen LogP contribution in [0, 0.1) is 0 Å². The lowest BCUT2D eigenvalue weighted by Gasteiger charge is -2.25. The normalized spacial score (nSPS) is 14.5. The highest BCUT2D eigenvalue weighted by Crippen LogP contribution is 2.38. The topological polar surface area (TPSA) is 68.1 Å². The lowest BCUT2D eigenvalue weighted by Crippen LogP contribution is -2.40.